The van der Waals surface area contributed by atoms with Crippen LogP contribution in [0.1, 0.15) is 16.8 Å². The summed E-state index contributed by atoms with van der Waals surface area (Å²) in [6.45, 7) is 0. The van der Waals surface area contributed by atoms with Gasteiger partial charge in [0.05, 0.1) is 23.6 Å². The second-order valence-corrected chi connectivity index (χ2v) is 6.36. The lowest BCUT2D eigenvalue weighted by Crippen LogP contribution is -2.29. The largest absolute Gasteiger partial charge is 0.343 e. The summed E-state index contributed by atoms with van der Waals surface area (Å²) in [6.07, 6.45) is 4.78. The summed E-state index contributed by atoms with van der Waals surface area (Å²) < 4.78 is 27.5. The molecule has 0 spiro atoms. The lowest BCUT2D eigenvalue weighted by atomic mass is 10.1. The number of aromatic nitrogens is 4. The molecule has 1 aliphatic carbocycles. The zero-order valence-electron chi connectivity index (χ0n) is 14.4. The molecular formula is C18H16F2N6O. The van der Waals surface area contributed by atoms with Gasteiger partial charge in [0.15, 0.2) is 0 Å². The van der Waals surface area contributed by atoms with Gasteiger partial charge in [-0.2, -0.15) is 5.10 Å². The number of hydrogen-bond acceptors (Lipinski definition) is 5. The second kappa shape index (κ2) is 6.42. The molecule has 138 valence electrons. The van der Waals surface area contributed by atoms with E-state index >= 15 is 0 Å². The monoisotopic (exact) mass is 370 g/mol. The number of alkyl halides is 2. The maximum absolute atomic E-state index is 12.9. The van der Waals surface area contributed by atoms with Crippen LogP contribution in [-0.4, -0.2) is 37.6 Å². The zero-order valence-corrected chi connectivity index (χ0v) is 14.4. The Bertz CT molecular complexity index is 986. The molecule has 0 aliphatic heterocycles. The van der Waals surface area contributed by atoms with E-state index in [9.17, 15) is 13.6 Å². The first kappa shape index (κ1) is 17.1. The van der Waals surface area contributed by atoms with Crippen LogP contribution in [-0.2, 0) is 7.05 Å². The molecule has 2 heterocycles. The highest BCUT2D eigenvalue weighted by atomic mass is 19.3. The van der Waals surface area contributed by atoms with Crippen molar-refractivity contribution in [1.82, 2.24) is 25.1 Å². The number of amides is 1. The SMILES string of the molecule is Cn1cc(Nc2nccc(-c3ccc(C(=O)NC4CC4(F)F)cc3)n2)cn1. The van der Waals surface area contributed by atoms with E-state index in [1.807, 2.05) is 7.05 Å². The van der Waals surface area contributed by atoms with Gasteiger partial charge in [-0.1, -0.05) is 12.1 Å². The molecular weight excluding hydrogens is 354 g/mol. The number of anilines is 2. The molecule has 4 rings (SSSR count). The Hall–Kier alpha value is -3.36. The molecule has 1 unspecified atom stereocenters. The molecule has 1 aliphatic rings. The van der Waals surface area contributed by atoms with E-state index in [1.54, 1.807) is 53.6 Å². The number of carbonyl (C=O) groups excluding carboxylic acids is 1. The maximum Gasteiger partial charge on any atom is 0.270 e. The summed E-state index contributed by atoms with van der Waals surface area (Å²) >= 11 is 0. The van der Waals surface area contributed by atoms with Gasteiger partial charge in [0, 0.05) is 37.0 Å². The molecule has 2 aromatic heterocycles. The predicted molar refractivity (Wildman–Crippen MR) is 94.8 cm³/mol. The highest BCUT2D eigenvalue weighted by Crippen LogP contribution is 2.41. The highest BCUT2D eigenvalue weighted by molar-refractivity contribution is 5.95. The number of aryl methyl sites for hydroxylation is 1. The van der Waals surface area contributed by atoms with Crippen LogP contribution in [0.15, 0.2) is 48.9 Å². The normalized spacial score (nSPS) is 17.4. The predicted octanol–water partition coefficient (Wildman–Crippen LogP) is 2.76. The van der Waals surface area contributed by atoms with Crippen molar-refractivity contribution in [2.45, 2.75) is 18.4 Å². The lowest BCUT2D eigenvalue weighted by molar-refractivity contribution is 0.0849. The second-order valence-electron chi connectivity index (χ2n) is 6.36. The van der Waals surface area contributed by atoms with Crippen molar-refractivity contribution in [1.29, 1.82) is 0 Å². The summed E-state index contributed by atoms with van der Waals surface area (Å²) in [5.41, 5.74) is 2.53. The molecule has 1 aromatic carbocycles. The fourth-order valence-corrected chi connectivity index (χ4v) is 2.60. The zero-order chi connectivity index (χ0) is 19.0. The molecule has 0 bridgehead atoms. The van der Waals surface area contributed by atoms with Gasteiger partial charge in [-0.3, -0.25) is 9.48 Å². The Morgan fingerprint density at radius 1 is 1.26 bits per heavy atom. The first-order valence-electron chi connectivity index (χ1n) is 8.28. The van der Waals surface area contributed by atoms with Gasteiger partial charge in [-0.05, 0) is 18.2 Å². The van der Waals surface area contributed by atoms with Crippen molar-refractivity contribution in [3.63, 3.8) is 0 Å². The topological polar surface area (TPSA) is 84.7 Å². The summed E-state index contributed by atoms with van der Waals surface area (Å²) in [6, 6.07) is 7.29. The van der Waals surface area contributed by atoms with Gasteiger partial charge in [-0.15, -0.1) is 0 Å². The van der Waals surface area contributed by atoms with Crippen molar-refractivity contribution < 1.29 is 13.6 Å². The Kier molecular flexibility index (Phi) is 4.06. The molecule has 3 aromatic rings. The van der Waals surface area contributed by atoms with Crippen LogP contribution in [0.2, 0.25) is 0 Å². The summed E-state index contributed by atoms with van der Waals surface area (Å²) in [5, 5.41) is 9.45. The van der Waals surface area contributed by atoms with Gasteiger partial charge in [0.25, 0.3) is 11.8 Å². The van der Waals surface area contributed by atoms with E-state index in [0.29, 0.717) is 17.2 Å². The average molecular weight is 370 g/mol. The summed E-state index contributed by atoms with van der Waals surface area (Å²) in [7, 11) is 1.81. The van der Waals surface area contributed by atoms with Gasteiger partial charge >= 0.3 is 0 Å². The lowest BCUT2D eigenvalue weighted by Gasteiger charge is -2.07. The Balaban J connectivity index is 1.47. The Morgan fingerprint density at radius 3 is 2.63 bits per heavy atom. The van der Waals surface area contributed by atoms with Crippen LogP contribution in [0, 0.1) is 0 Å². The minimum Gasteiger partial charge on any atom is -0.343 e. The van der Waals surface area contributed by atoms with E-state index in [4.69, 9.17) is 0 Å². The van der Waals surface area contributed by atoms with Crippen LogP contribution in [0.4, 0.5) is 20.4 Å². The standard InChI is InChI=1S/C18H16F2N6O/c1-26-10-13(9-22-26)23-17-21-7-6-14(24-17)11-2-4-12(5-3-11)16(27)25-15-8-18(15,19)20/h2-7,9-10,15H,8H2,1H3,(H,25,27)(H,21,23,24). The van der Waals surface area contributed by atoms with Gasteiger partial charge in [-0.25, -0.2) is 18.7 Å². The van der Waals surface area contributed by atoms with E-state index in [0.717, 1.165) is 11.3 Å². The highest BCUT2D eigenvalue weighted by Gasteiger charge is 2.57. The molecule has 1 amide bonds. The molecule has 1 atom stereocenters. The van der Waals surface area contributed by atoms with Crippen LogP contribution < -0.4 is 10.6 Å². The van der Waals surface area contributed by atoms with Crippen LogP contribution in [0.5, 0.6) is 0 Å². The van der Waals surface area contributed by atoms with Gasteiger partial charge < -0.3 is 10.6 Å². The number of nitrogens with one attached hydrogen (secondary N) is 2. The fraction of sp³-hybridized carbons (Fsp3) is 0.222. The van der Waals surface area contributed by atoms with Gasteiger partial charge in [0.1, 0.15) is 0 Å². The van der Waals surface area contributed by atoms with E-state index in [1.165, 1.54) is 0 Å². The average Bonchev–Trinajstić information content (AvgIpc) is 3.04. The molecule has 2 N–H and O–H groups in total. The first-order valence-corrected chi connectivity index (χ1v) is 8.28. The number of carbonyl (C=O) groups is 1. The van der Waals surface area contributed by atoms with E-state index < -0.39 is 17.9 Å². The van der Waals surface area contributed by atoms with Gasteiger partial charge in [0.2, 0.25) is 5.95 Å². The molecule has 7 nitrogen and oxygen atoms in total. The molecule has 0 radical (unpaired) electrons. The number of benzene rings is 1. The van der Waals surface area contributed by atoms with E-state index in [-0.39, 0.29) is 6.42 Å². The van der Waals surface area contributed by atoms with Crippen LogP contribution in [0.3, 0.4) is 0 Å². The van der Waals surface area contributed by atoms with Crippen LogP contribution in [0.25, 0.3) is 11.3 Å². The molecule has 0 saturated heterocycles. The molecule has 1 fully saturated rings. The van der Waals surface area contributed by atoms with Crippen molar-refractivity contribution in [2.75, 3.05) is 5.32 Å². The Morgan fingerprint density at radius 2 is 2.00 bits per heavy atom. The quantitative estimate of drug-likeness (QED) is 0.721. The number of rotatable bonds is 5. The third kappa shape index (κ3) is 3.76. The first-order chi connectivity index (χ1) is 12.9. The Labute approximate surface area is 153 Å². The minimum atomic E-state index is -2.78. The third-order valence-electron chi connectivity index (χ3n) is 4.19. The fourth-order valence-electron chi connectivity index (χ4n) is 2.60. The van der Waals surface area contributed by atoms with Crippen LogP contribution >= 0.6 is 0 Å². The third-order valence-corrected chi connectivity index (χ3v) is 4.19. The minimum absolute atomic E-state index is 0.301. The van der Waals surface area contributed by atoms with Crippen molar-refractivity contribution >= 4 is 17.5 Å². The van der Waals surface area contributed by atoms with Crippen molar-refractivity contribution in [2.24, 2.45) is 7.05 Å². The number of nitrogens with zero attached hydrogens (tertiary/aromatic N) is 4. The molecule has 1 saturated carbocycles. The number of hydrogen-bond donors (Lipinski definition) is 2. The summed E-state index contributed by atoms with van der Waals surface area (Å²) in [5.74, 6) is -2.88. The van der Waals surface area contributed by atoms with Crippen molar-refractivity contribution in [3.8, 4) is 11.3 Å². The number of halogens is 2. The molecule has 27 heavy (non-hydrogen) atoms. The van der Waals surface area contributed by atoms with E-state index in [2.05, 4.69) is 25.7 Å². The maximum atomic E-state index is 12.9. The smallest absolute Gasteiger partial charge is 0.270 e. The summed E-state index contributed by atoms with van der Waals surface area (Å²) in [4.78, 5) is 20.6. The van der Waals surface area contributed by atoms with Crippen molar-refractivity contribution in [3.05, 3.63) is 54.5 Å². The molecule has 9 heteroatoms.